The molecule has 88 valence electrons. The molecule has 1 rings (SSSR count). The first kappa shape index (κ1) is 12.3. The summed E-state index contributed by atoms with van der Waals surface area (Å²) in [5.74, 6) is -0.503. The molecule has 0 bridgehead atoms. The molecule has 0 radical (unpaired) electrons. The third-order valence-corrected chi connectivity index (χ3v) is 2.42. The minimum Gasteiger partial charge on any atom is -0.465 e. The summed E-state index contributed by atoms with van der Waals surface area (Å²) in [5, 5.41) is 8.79. The van der Waals surface area contributed by atoms with Gasteiger partial charge in [0.1, 0.15) is 6.04 Å². The maximum Gasteiger partial charge on any atom is 0.407 e. The summed E-state index contributed by atoms with van der Waals surface area (Å²) in [6.45, 7) is 2.16. The first-order valence-corrected chi connectivity index (χ1v) is 4.28. The van der Waals surface area contributed by atoms with Gasteiger partial charge in [-0.25, -0.2) is 4.79 Å². The molecule has 2 unspecified atom stereocenters. The van der Waals surface area contributed by atoms with Crippen LogP contribution in [0.3, 0.4) is 0 Å². The quantitative estimate of drug-likeness (QED) is 0.368. The minimum absolute atomic E-state index is 0. The number of amides is 1. The van der Waals surface area contributed by atoms with Crippen LogP contribution in [0.2, 0.25) is 0 Å². The number of Topliss-reactive ketones (excluding diaryl/α,β-unsaturated/α-hetero) is 1. The van der Waals surface area contributed by atoms with E-state index in [9.17, 15) is 9.59 Å². The van der Waals surface area contributed by atoms with Gasteiger partial charge in [-0.2, -0.15) is 4.79 Å². The first-order chi connectivity index (χ1) is 6.57. The van der Waals surface area contributed by atoms with Gasteiger partial charge in [-0.15, -0.1) is 0 Å². The number of hydrogen-bond donors (Lipinski definition) is 1. The molecule has 2 atom stereocenters. The number of carbonyl (C=O) groups excluding carboxylic acids is 1. The van der Waals surface area contributed by atoms with Crippen molar-refractivity contribution >= 4 is 18.1 Å². The summed E-state index contributed by atoms with van der Waals surface area (Å²) in [4.78, 5) is 25.8. The van der Waals surface area contributed by atoms with E-state index in [1.165, 1.54) is 0 Å². The van der Waals surface area contributed by atoms with Crippen LogP contribution in [-0.4, -0.2) is 45.5 Å². The number of nitrogens with zero attached hydrogens (tertiary/aromatic N) is 3. The van der Waals surface area contributed by atoms with Crippen LogP contribution in [-0.2, 0) is 4.79 Å². The number of likely N-dealkylation sites (tertiary alicyclic amines) is 1. The third kappa shape index (κ3) is 2.16. The zero-order chi connectivity index (χ0) is 10.7. The summed E-state index contributed by atoms with van der Waals surface area (Å²) in [7, 11) is 0. The summed E-state index contributed by atoms with van der Waals surface area (Å²) in [5.41, 5.74) is 8.19. The fourth-order valence-electron chi connectivity index (χ4n) is 1.73. The topological polar surface area (TPSA) is 94.0 Å². The molecular weight excluding hydrogens is 443 g/mol. The van der Waals surface area contributed by atoms with Gasteiger partial charge in [0.2, 0.25) is 0 Å². The van der Waals surface area contributed by atoms with Crippen LogP contribution in [0.15, 0.2) is 0 Å². The zero-order valence-corrected chi connectivity index (χ0v) is 10.4. The predicted octanol–water partition coefficient (Wildman–Crippen LogP) is 0.244. The minimum atomic E-state index is -1.11. The molecule has 15 heavy (non-hydrogen) atoms. The number of rotatable bonds is 2. The molecule has 0 saturated carbocycles. The van der Waals surface area contributed by atoms with Gasteiger partial charge in [0.05, 0.1) is 0 Å². The van der Waals surface area contributed by atoms with Crippen LogP contribution >= 0.6 is 0 Å². The van der Waals surface area contributed by atoms with E-state index in [2.05, 4.69) is 4.79 Å². The monoisotopic (exact) mass is 454 g/mol. The van der Waals surface area contributed by atoms with Crippen LogP contribution < -0.4 is 0 Å². The van der Waals surface area contributed by atoms with Gasteiger partial charge in [0.15, 0.2) is 0 Å². The van der Waals surface area contributed by atoms with E-state index in [0.717, 1.165) is 11.1 Å². The Morgan fingerprint density at radius 2 is 2.20 bits per heavy atom. The zero-order valence-electron chi connectivity index (χ0n) is 8.04. The van der Waals surface area contributed by atoms with Crippen molar-refractivity contribution in [3.8, 4) is 0 Å². The molecule has 1 heterocycles. The summed E-state index contributed by atoms with van der Waals surface area (Å²) in [6.07, 6.45) is 0.295. The van der Waals surface area contributed by atoms with E-state index in [-0.39, 0.29) is 5.92 Å². The maximum atomic E-state index is 11.4. The Hall–Kier alpha value is -2.68. The molecular formula is C8H11FmN3O3. The van der Waals surface area contributed by atoms with Gasteiger partial charge in [-0.05, 0) is 12.3 Å². The Balaban J connectivity index is 0.00000196. The van der Waals surface area contributed by atoms with E-state index in [4.69, 9.17) is 10.6 Å². The van der Waals surface area contributed by atoms with Crippen molar-refractivity contribution in [2.24, 2.45) is 5.92 Å². The third-order valence-electron chi connectivity index (χ3n) is 2.42. The first-order valence-electron chi connectivity index (χ1n) is 4.28. The van der Waals surface area contributed by atoms with Crippen molar-refractivity contribution in [1.29, 1.82) is 0 Å². The SMILES string of the molecule is CC1CCN(C(=O)O)C1C(=O)C=[N+]=[N-].[Fm]. The van der Waals surface area contributed by atoms with Gasteiger partial charge >= 0.3 is 12.3 Å². The molecule has 0 spiro atoms. The number of hydrogen-bond acceptors (Lipinski definition) is 2. The fraction of sp³-hybridized carbons (Fsp3) is 0.625. The van der Waals surface area contributed by atoms with Gasteiger partial charge < -0.3 is 10.6 Å². The van der Waals surface area contributed by atoms with Crippen molar-refractivity contribution in [2.45, 2.75) is 19.4 Å². The molecule has 6 nitrogen and oxygen atoms in total. The molecule has 0 aromatic carbocycles. The molecule has 1 saturated heterocycles. The average molecular weight is 454 g/mol. The molecule has 7 heteroatoms. The van der Waals surface area contributed by atoms with E-state index < -0.39 is 17.9 Å². The molecule has 1 aliphatic rings. The molecule has 0 aliphatic carbocycles. The summed E-state index contributed by atoms with van der Waals surface area (Å²) < 4.78 is 0. The van der Waals surface area contributed by atoms with Gasteiger partial charge in [0.25, 0.3) is 5.78 Å². The Morgan fingerprint density at radius 1 is 1.60 bits per heavy atom. The van der Waals surface area contributed by atoms with Crippen LogP contribution in [0.25, 0.3) is 5.53 Å². The largest absolute Gasteiger partial charge is 0.465 e. The van der Waals surface area contributed by atoms with Crippen LogP contribution in [0.1, 0.15) is 13.3 Å². The number of carboxylic acid groups (broad SMARTS) is 1. The van der Waals surface area contributed by atoms with E-state index in [1.807, 2.05) is 0 Å². The molecule has 0 aromatic rings. The van der Waals surface area contributed by atoms with Crippen LogP contribution in [0.5, 0.6) is 0 Å². The summed E-state index contributed by atoms with van der Waals surface area (Å²) in [6, 6.07) is -0.705. The molecule has 1 amide bonds. The second kappa shape index (κ2) is 4.53. The van der Waals surface area contributed by atoms with E-state index in [1.54, 1.807) is 6.92 Å². The predicted molar refractivity (Wildman–Crippen MR) is 47.0 cm³/mol. The summed E-state index contributed by atoms with van der Waals surface area (Å²) >= 11 is 0. The number of carbonyl (C=O) groups is 2. The van der Waals surface area contributed by atoms with Gasteiger partial charge in [0, 0.05) is 6.54 Å². The van der Waals surface area contributed by atoms with Crippen molar-refractivity contribution in [2.75, 3.05) is 6.54 Å². The second-order valence-corrected chi connectivity index (χ2v) is 3.33. The average Bonchev–Trinajstić information content (AvgIpc) is 2.47. The Morgan fingerprint density at radius 3 is 2.67 bits per heavy atom. The second-order valence-electron chi connectivity index (χ2n) is 3.33. The van der Waals surface area contributed by atoms with Crippen molar-refractivity contribution in [1.82, 2.24) is 4.90 Å². The Kier molecular flexibility index (Phi) is 3.72. The Labute approximate surface area is 80.7 Å². The molecule has 1 aliphatic heterocycles. The standard InChI is InChI=1S/C8H11N3O3.Fm/c1-5-2-3-11(8(13)14)7(5)6(12)4-10-9;/h4-5,7H,2-3H2,1H3,(H,13,14);. The normalized spacial score (nSPS) is 23.9. The Bertz CT molecular complexity index is 314. The van der Waals surface area contributed by atoms with Gasteiger partial charge in [-0.3, -0.25) is 9.69 Å². The van der Waals surface area contributed by atoms with Crippen molar-refractivity contribution < 1.29 is 19.5 Å². The van der Waals surface area contributed by atoms with Gasteiger partial charge in [-0.1, -0.05) is 6.92 Å². The smallest absolute Gasteiger partial charge is 0.407 e. The van der Waals surface area contributed by atoms with Crippen LogP contribution in [0.4, 0.5) is 4.79 Å². The van der Waals surface area contributed by atoms with Crippen LogP contribution in [0, 0.1) is 5.92 Å². The molecule has 1 fully saturated rings. The van der Waals surface area contributed by atoms with Crippen molar-refractivity contribution in [3.05, 3.63) is 5.53 Å². The number of ketones is 1. The van der Waals surface area contributed by atoms with E-state index in [0.29, 0.717) is 13.0 Å². The van der Waals surface area contributed by atoms with Crippen molar-refractivity contribution in [3.63, 3.8) is 0 Å². The fourth-order valence-corrected chi connectivity index (χ4v) is 1.73. The molecule has 0 aromatic heterocycles. The van der Waals surface area contributed by atoms with E-state index >= 15 is 0 Å². The molecule has 1 N–H and O–H groups in total. The maximum absolute atomic E-state index is 11.4.